The maximum atomic E-state index is 12.4. The molecular formula is C15H21Cl2NO2. The molecular weight excluding hydrogens is 297 g/mol. The van der Waals surface area contributed by atoms with Crippen LogP contribution in [0.4, 0.5) is 5.69 Å². The van der Waals surface area contributed by atoms with E-state index in [1.54, 1.807) is 6.07 Å². The molecule has 0 unspecified atom stereocenters. The fraction of sp³-hybridized carbons (Fsp3) is 0.533. The first-order valence-corrected chi connectivity index (χ1v) is 7.18. The summed E-state index contributed by atoms with van der Waals surface area (Å²) in [4.78, 5) is 12.4. The summed E-state index contributed by atoms with van der Waals surface area (Å²) in [6.07, 6.45) is 5.13. The Balaban J connectivity index is 0.00000200. The molecule has 1 saturated carbocycles. The van der Waals surface area contributed by atoms with Crippen molar-refractivity contribution < 1.29 is 9.90 Å². The molecule has 1 aromatic rings. The molecule has 2 rings (SSSR count). The lowest BCUT2D eigenvalue weighted by Gasteiger charge is -2.32. The minimum atomic E-state index is -0.341. The Kier molecular flexibility index (Phi) is 5.72. The van der Waals surface area contributed by atoms with Gasteiger partial charge in [-0.2, -0.15) is 0 Å². The van der Waals surface area contributed by atoms with Crippen molar-refractivity contribution in [2.75, 3.05) is 5.32 Å². The quantitative estimate of drug-likeness (QED) is 0.732. The van der Waals surface area contributed by atoms with Crippen molar-refractivity contribution in [3.63, 3.8) is 0 Å². The molecule has 1 fully saturated rings. The van der Waals surface area contributed by atoms with Gasteiger partial charge in [-0.15, -0.1) is 0 Å². The Labute approximate surface area is 130 Å². The van der Waals surface area contributed by atoms with Crippen LogP contribution < -0.4 is 5.32 Å². The van der Waals surface area contributed by atoms with E-state index in [2.05, 4.69) is 5.32 Å². The van der Waals surface area contributed by atoms with Gasteiger partial charge >= 0.3 is 0 Å². The molecule has 0 radical (unpaired) electrons. The summed E-state index contributed by atoms with van der Waals surface area (Å²) in [7, 11) is 0. The van der Waals surface area contributed by atoms with E-state index in [4.69, 9.17) is 23.2 Å². The number of rotatable bonds is 2. The maximum absolute atomic E-state index is 12.4. The Morgan fingerprint density at radius 1 is 1.20 bits per heavy atom. The molecule has 1 amide bonds. The van der Waals surface area contributed by atoms with Gasteiger partial charge in [-0.3, -0.25) is 4.79 Å². The molecule has 20 heavy (non-hydrogen) atoms. The van der Waals surface area contributed by atoms with Crippen LogP contribution in [0, 0.1) is 5.41 Å². The zero-order valence-electron chi connectivity index (χ0n) is 10.8. The molecule has 0 atom stereocenters. The molecule has 0 aliphatic heterocycles. The van der Waals surface area contributed by atoms with Crippen molar-refractivity contribution in [2.24, 2.45) is 5.41 Å². The highest BCUT2D eigenvalue weighted by Gasteiger charge is 2.34. The van der Waals surface area contributed by atoms with Crippen molar-refractivity contribution in [1.29, 1.82) is 0 Å². The Hall–Kier alpha value is -0.930. The molecule has 2 N–H and O–H groups in total. The highest BCUT2D eigenvalue weighted by Crippen LogP contribution is 2.40. The summed E-state index contributed by atoms with van der Waals surface area (Å²) < 4.78 is 0. The maximum Gasteiger partial charge on any atom is 0.230 e. The van der Waals surface area contributed by atoms with E-state index >= 15 is 0 Å². The predicted molar refractivity (Wildman–Crippen MR) is 84.7 cm³/mol. The van der Waals surface area contributed by atoms with E-state index in [1.165, 1.54) is 12.5 Å². The fourth-order valence-electron chi connectivity index (χ4n) is 2.47. The van der Waals surface area contributed by atoms with E-state index < -0.39 is 0 Å². The van der Waals surface area contributed by atoms with E-state index in [9.17, 15) is 9.90 Å². The van der Waals surface area contributed by atoms with Gasteiger partial charge in [0.25, 0.3) is 0 Å². The zero-order valence-corrected chi connectivity index (χ0v) is 12.3. The number of halogens is 2. The van der Waals surface area contributed by atoms with Crippen molar-refractivity contribution in [3.8, 4) is 5.75 Å². The molecule has 0 bridgehead atoms. The average molecular weight is 318 g/mol. The van der Waals surface area contributed by atoms with Crippen LogP contribution >= 0.6 is 23.2 Å². The van der Waals surface area contributed by atoms with Crippen LogP contribution in [0.3, 0.4) is 0 Å². The van der Waals surface area contributed by atoms with Crippen LogP contribution in [0.25, 0.3) is 0 Å². The van der Waals surface area contributed by atoms with E-state index in [1.807, 2.05) is 6.92 Å². The first-order chi connectivity index (χ1) is 8.94. The number of anilines is 1. The fourth-order valence-corrected chi connectivity index (χ4v) is 2.84. The van der Waals surface area contributed by atoms with E-state index in [-0.39, 0.29) is 34.5 Å². The van der Waals surface area contributed by atoms with Crippen molar-refractivity contribution in [3.05, 3.63) is 22.2 Å². The van der Waals surface area contributed by atoms with Crippen molar-refractivity contribution in [2.45, 2.75) is 46.5 Å². The standard InChI is InChI=1S/C14H17Cl2NO2.CH4/c1-14(7-3-2-4-8-14)13(19)17-9-5-6-10(18)12(16)11(9)15;/h5-6,18H,2-4,7-8H2,1H3,(H,17,19);1H4. The first kappa shape index (κ1) is 17.1. The molecule has 1 aromatic carbocycles. The normalized spacial score (nSPS) is 17.1. The van der Waals surface area contributed by atoms with Crippen LogP contribution in [-0.2, 0) is 4.79 Å². The summed E-state index contributed by atoms with van der Waals surface area (Å²) in [5.41, 5.74) is 0.104. The highest BCUT2D eigenvalue weighted by atomic mass is 35.5. The number of hydrogen-bond donors (Lipinski definition) is 2. The second-order valence-electron chi connectivity index (χ2n) is 5.34. The lowest BCUT2D eigenvalue weighted by Crippen LogP contribution is -2.35. The van der Waals surface area contributed by atoms with E-state index in [0.29, 0.717) is 5.69 Å². The second-order valence-corrected chi connectivity index (χ2v) is 6.09. The van der Waals surface area contributed by atoms with Crippen molar-refractivity contribution in [1.82, 2.24) is 0 Å². The Morgan fingerprint density at radius 3 is 2.40 bits per heavy atom. The average Bonchev–Trinajstić information content (AvgIpc) is 2.40. The number of carbonyl (C=O) groups is 1. The van der Waals surface area contributed by atoms with Gasteiger partial charge in [-0.05, 0) is 25.0 Å². The van der Waals surface area contributed by atoms with Crippen LogP contribution in [0.2, 0.25) is 10.0 Å². The molecule has 0 saturated heterocycles. The molecule has 112 valence electrons. The third kappa shape index (κ3) is 3.39. The van der Waals surface area contributed by atoms with Crippen molar-refractivity contribution >= 4 is 34.8 Å². The lowest BCUT2D eigenvalue weighted by atomic mass is 9.75. The van der Waals surface area contributed by atoms with Crippen LogP contribution in [0.5, 0.6) is 5.75 Å². The lowest BCUT2D eigenvalue weighted by molar-refractivity contribution is -0.126. The zero-order chi connectivity index (χ0) is 14.0. The number of hydrogen-bond acceptors (Lipinski definition) is 2. The van der Waals surface area contributed by atoms with Gasteiger partial charge in [0.15, 0.2) is 0 Å². The number of benzene rings is 1. The largest absolute Gasteiger partial charge is 0.506 e. The number of amides is 1. The SMILES string of the molecule is C.CC1(C(=O)Nc2ccc(O)c(Cl)c2Cl)CCCCC1. The van der Waals surface area contributed by atoms with E-state index in [0.717, 1.165) is 25.7 Å². The number of aromatic hydroxyl groups is 1. The highest BCUT2D eigenvalue weighted by molar-refractivity contribution is 6.44. The van der Waals surface area contributed by atoms with Gasteiger partial charge in [-0.1, -0.05) is 56.8 Å². The van der Waals surface area contributed by atoms with Gasteiger partial charge in [0, 0.05) is 5.41 Å². The summed E-state index contributed by atoms with van der Waals surface area (Å²) in [5.74, 6) is -0.121. The minimum Gasteiger partial charge on any atom is -0.506 e. The first-order valence-electron chi connectivity index (χ1n) is 6.42. The van der Waals surface area contributed by atoms with Crippen LogP contribution in [-0.4, -0.2) is 11.0 Å². The molecule has 1 aliphatic carbocycles. The summed E-state index contributed by atoms with van der Waals surface area (Å²) in [5, 5.41) is 12.5. The monoisotopic (exact) mass is 317 g/mol. The second kappa shape index (κ2) is 6.68. The number of carbonyl (C=O) groups excluding carboxylic acids is 1. The van der Waals surface area contributed by atoms with Gasteiger partial charge in [0.05, 0.1) is 10.7 Å². The summed E-state index contributed by atoms with van der Waals surface area (Å²) in [6.45, 7) is 1.98. The molecule has 0 aromatic heterocycles. The predicted octanol–water partition coefficient (Wildman–Crippen LogP) is 5.24. The molecule has 0 heterocycles. The summed E-state index contributed by atoms with van der Waals surface area (Å²) in [6, 6.07) is 2.99. The number of phenols is 1. The molecule has 0 spiro atoms. The number of nitrogens with one attached hydrogen (secondary N) is 1. The minimum absolute atomic E-state index is 0. The van der Waals surface area contributed by atoms with Crippen LogP contribution in [0.1, 0.15) is 46.5 Å². The third-order valence-corrected chi connectivity index (χ3v) is 4.69. The van der Waals surface area contributed by atoms with Gasteiger partial charge in [0.1, 0.15) is 10.8 Å². The van der Waals surface area contributed by atoms with Crippen LogP contribution in [0.15, 0.2) is 12.1 Å². The summed E-state index contributed by atoms with van der Waals surface area (Å²) >= 11 is 11.9. The smallest absolute Gasteiger partial charge is 0.230 e. The number of phenolic OH excluding ortho intramolecular Hbond substituents is 1. The van der Waals surface area contributed by atoms with Gasteiger partial charge < -0.3 is 10.4 Å². The third-order valence-electron chi connectivity index (χ3n) is 3.82. The molecule has 5 heteroatoms. The Morgan fingerprint density at radius 2 is 1.80 bits per heavy atom. The van der Waals surface area contributed by atoms with Gasteiger partial charge in [0.2, 0.25) is 5.91 Å². The topological polar surface area (TPSA) is 49.3 Å². The molecule has 3 nitrogen and oxygen atoms in total. The molecule has 1 aliphatic rings. The van der Waals surface area contributed by atoms with Gasteiger partial charge in [-0.25, -0.2) is 0 Å². The Bertz CT molecular complexity index is 497.